The number of carbonyl (C=O) groups excluding carboxylic acids is 3. The van der Waals surface area contributed by atoms with Crippen molar-refractivity contribution in [1.82, 2.24) is 15.5 Å². The van der Waals surface area contributed by atoms with E-state index in [0.29, 0.717) is 35.2 Å². The maximum absolute atomic E-state index is 14.9. The molecule has 5 atom stereocenters. The minimum Gasteiger partial charge on any atom is -0.372 e. The van der Waals surface area contributed by atoms with E-state index in [4.69, 9.17) is 0 Å². The molecule has 39 heavy (non-hydrogen) atoms. The molecule has 2 aromatic rings. The Labute approximate surface area is 224 Å². The molecular weight excluding hydrogens is 506 g/mol. The zero-order chi connectivity index (χ0) is 27.5. The number of fused-ring (bicyclic) bond motifs is 4. The van der Waals surface area contributed by atoms with Crippen LogP contribution in [-0.4, -0.2) is 58.8 Å². The predicted molar refractivity (Wildman–Crippen MR) is 135 cm³/mol. The molecule has 1 saturated carbocycles. The number of nitriles is 1. The minimum atomic E-state index is -3.07. The third-order valence-electron chi connectivity index (χ3n) is 8.92. The van der Waals surface area contributed by atoms with Gasteiger partial charge in [0.05, 0.1) is 6.07 Å². The smallest absolute Gasteiger partial charge is 0.264 e. The van der Waals surface area contributed by atoms with Crippen LogP contribution in [0, 0.1) is 29.1 Å². The van der Waals surface area contributed by atoms with Crippen molar-refractivity contribution in [3.63, 3.8) is 0 Å². The summed E-state index contributed by atoms with van der Waals surface area (Å²) in [7, 11) is 0. The molecule has 0 aromatic heterocycles. The third-order valence-corrected chi connectivity index (χ3v) is 8.92. The molecule has 2 aromatic carbocycles. The Bertz CT molecular complexity index is 1360. The topological polar surface area (TPSA) is 123 Å². The van der Waals surface area contributed by atoms with Gasteiger partial charge in [-0.1, -0.05) is 48.5 Å². The zero-order valence-electron chi connectivity index (χ0n) is 21.1. The van der Waals surface area contributed by atoms with Gasteiger partial charge >= 0.3 is 0 Å². The molecule has 0 radical (unpaired) electrons. The van der Waals surface area contributed by atoms with E-state index >= 15 is 0 Å². The summed E-state index contributed by atoms with van der Waals surface area (Å²) < 4.78 is 29.9. The lowest BCUT2D eigenvalue weighted by Crippen LogP contribution is -2.55. The van der Waals surface area contributed by atoms with Crippen molar-refractivity contribution in [1.29, 1.82) is 5.26 Å². The number of amides is 3. The molecule has 10 heteroatoms. The van der Waals surface area contributed by atoms with Gasteiger partial charge in [-0.2, -0.15) is 5.26 Å². The van der Waals surface area contributed by atoms with Gasteiger partial charge in [-0.15, -0.1) is 0 Å². The van der Waals surface area contributed by atoms with Gasteiger partial charge in [-0.3, -0.25) is 14.4 Å². The van der Waals surface area contributed by atoms with Gasteiger partial charge in [0, 0.05) is 42.5 Å². The number of nitrogens with zero attached hydrogens (tertiary/aromatic N) is 2. The van der Waals surface area contributed by atoms with E-state index < -0.39 is 59.6 Å². The van der Waals surface area contributed by atoms with Crippen molar-refractivity contribution in [3.8, 4) is 17.2 Å². The first kappa shape index (κ1) is 25.4. The van der Waals surface area contributed by atoms with Crippen LogP contribution >= 0.6 is 0 Å². The summed E-state index contributed by atoms with van der Waals surface area (Å²) in [5.74, 6) is -7.33. The van der Waals surface area contributed by atoms with E-state index in [-0.39, 0.29) is 25.3 Å². The van der Waals surface area contributed by atoms with Gasteiger partial charge in [-0.05, 0) is 36.3 Å². The fourth-order valence-corrected chi connectivity index (χ4v) is 7.01. The van der Waals surface area contributed by atoms with Crippen LogP contribution in [0.15, 0.2) is 48.5 Å². The first-order chi connectivity index (χ1) is 18.7. The largest absolute Gasteiger partial charge is 0.372 e. The highest BCUT2D eigenvalue weighted by Gasteiger charge is 2.63. The number of benzene rings is 2. The van der Waals surface area contributed by atoms with Gasteiger partial charge in [-0.25, -0.2) is 8.78 Å². The molecule has 3 fully saturated rings. The SMILES string of the molecule is N#C[C@@H](C[C@@H]1CCNC1=O)NC(=O)[C@H]1[C@@H]2CCC(F)(F)[C@@H]2CN1C(=O)C1(O)c2ccccc2-c2ccccc21. The number of nitrogens with one attached hydrogen (secondary N) is 2. The average molecular weight is 535 g/mol. The van der Waals surface area contributed by atoms with Gasteiger partial charge in [0.1, 0.15) is 12.1 Å². The van der Waals surface area contributed by atoms with Crippen molar-refractivity contribution in [2.75, 3.05) is 13.1 Å². The molecule has 2 aliphatic heterocycles. The Morgan fingerprint density at radius 1 is 1.13 bits per heavy atom. The van der Waals surface area contributed by atoms with E-state index in [9.17, 15) is 33.5 Å². The number of likely N-dealkylation sites (tertiary alicyclic amines) is 1. The number of aliphatic hydroxyl groups is 1. The molecule has 0 unspecified atom stereocenters. The van der Waals surface area contributed by atoms with Crippen molar-refractivity contribution < 1.29 is 28.3 Å². The Kier molecular flexibility index (Phi) is 5.95. The monoisotopic (exact) mass is 534 g/mol. The second-order valence-electron chi connectivity index (χ2n) is 11.0. The quantitative estimate of drug-likeness (QED) is 0.544. The van der Waals surface area contributed by atoms with Gasteiger partial charge in [0.15, 0.2) is 5.60 Å². The lowest BCUT2D eigenvalue weighted by Gasteiger charge is -2.34. The number of halogens is 2. The van der Waals surface area contributed by atoms with Crippen LogP contribution in [-0.2, 0) is 20.0 Å². The summed E-state index contributed by atoms with van der Waals surface area (Å²) in [5.41, 5.74) is -0.165. The lowest BCUT2D eigenvalue weighted by atomic mass is 9.88. The van der Waals surface area contributed by atoms with E-state index in [1.54, 1.807) is 48.5 Å². The molecule has 3 amide bonds. The van der Waals surface area contributed by atoms with Crippen molar-refractivity contribution in [2.24, 2.45) is 17.8 Å². The zero-order valence-corrected chi connectivity index (χ0v) is 21.1. The predicted octanol–water partition coefficient (Wildman–Crippen LogP) is 2.31. The molecular formula is C29H28F2N4O4. The van der Waals surface area contributed by atoms with Crippen molar-refractivity contribution in [3.05, 3.63) is 59.7 Å². The number of hydrogen-bond donors (Lipinski definition) is 3. The van der Waals surface area contributed by atoms with E-state index in [1.807, 2.05) is 6.07 Å². The maximum Gasteiger partial charge on any atom is 0.264 e. The average Bonchev–Trinajstić information content (AvgIpc) is 3.66. The Balaban J connectivity index is 1.35. The standard InChI is InChI=1S/C29H28F2N4O4/c30-28(31)11-9-20-23(28)15-35(24(20)26(37)34-17(14-32)13-16-10-12-33-25(16)36)27(38)29(39)21-7-3-1-5-18(21)19-6-2-4-8-22(19)29/h1-8,16-17,20,23-24,39H,9-13,15H2,(H,33,36)(H,34,37)/t16-,17+,20+,23+,24+/m0/s1. The summed E-state index contributed by atoms with van der Waals surface area (Å²) in [6.45, 7) is 0.102. The molecule has 4 aliphatic rings. The first-order valence-corrected chi connectivity index (χ1v) is 13.2. The van der Waals surface area contributed by atoms with Crippen molar-refractivity contribution >= 4 is 17.7 Å². The van der Waals surface area contributed by atoms with Crippen LogP contribution in [0.1, 0.15) is 36.8 Å². The third kappa shape index (κ3) is 3.82. The Morgan fingerprint density at radius 3 is 2.36 bits per heavy atom. The molecule has 202 valence electrons. The maximum atomic E-state index is 14.9. The summed E-state index contributed by atoms with van der Waals surface area (Å²) in [5, 5.41) is 27.1. The fourth-order valence-electron chi connectivity index (χ4n) is 7.01. The second-order valence-corrected chi connectivity index (χ2v) is 11.0. The van der Waals surface area contributed by atoms with E-state index in [1.165, 1.54) is 0 Å². The summed E-state index contributed by atoms with van der Waals surface area (Å²) in [4.78, 5) is 41.0. The molecule has 0 bridgehead atoms. The van der Waals surface area contributed by atoms with E-state index in [0.717, 1.165) is 4.90 Å². The Hall–Kier alpha value is -3.84. The molecule has 2 saturated heterocycles. The van der Waals surface area contributed by atoms with E-state index in [2.05, 4.69) is 10.6 Å². The summed E-state index contributed by atoms with van der Waals surface area (Å²) in [6, 6.07) is 13.5. The van der Waals surface area contributed by atoms with Gasteiger partial charge < -0.3 is 20.6 Å². The lowest BCUT2D eigenvalue weighted by molar-refractivity contribution is -0.153. The van der Waals surface area contributed by atoms with Crippen molar-refractivity contribution in [2.45, 2.75) is 49.3 Å². The Morgan fingerprint density at radius 2 is 1.77 bits per heavy atom. The molecule has 0 spiro atoms. The second kappa shape index (κ2) is 9.12. The van der Waals surface area contributed by atoms with Crippen LogP contribution in [0.5, 0.6) is 0 Å². The summed E-state index contributed by atoms with van der Waals surface area (Å²) >= 11 is 0. The summed E-state index contributed by atoms with van der Waals surface area (Å²) in [6.07, 6.45) is 0.259. The highest BCUT2D eigenvalue weighted by atomic mass is 19.3. The minimum absolute atomic E-state index is 0.0351. The van der Waals surface area contributed by atoms with Gasteiger partial charge in [0.2, 0.25) is 11.8 Å². The molecule has 8 nitrogen and oxygen atoms in total. The number of carbonyl (C=O) groups is 3. The van der Waals surface area contributed by atoms with Crippen LogP contribution in [0.3, 0.4) is 0 Å². The molecule has 2 aliphatic carbocycles. The fraction of sp³-hybridized carbons (Fsp3) is 0.448. The number of rotatable bonds is 5. The highest BCUT2D eigenvalue weighted by molar-refractivity contribution is 6.01. The number of hydrogen-bond acceptors (Lipinski definition) is 5. The molecule has 2 heterocycles. The van der Waals surface area contributed by atoms with Gasteiger partial charge in [0.25, 0.3) is 11.8 Å². The van der Waals surface area contributed by atoms with Crippen LogP contribution in [0.2, 0.25) is 0 Å². The number of alkyl halides is 2. The normalized spacial score (nSPS) is 28.2. The highest BCUT2D eigenvalue weighted by Crippen LogP contribution is 2.54. The van der Waals surface area contributed by atoms with Crippen LogP contribution < -0.4 is 10.6 Å². The molecule has 6 rings (SSSR count). The molecule has 3 N–H and O–H groups in total. The first-order valence-electron chi connectivity index (χ1n) is 13.2. The van der Waals surface area contributed by atoms with Crippen LogP contribution in [0.4, 0.5) is 8.78 Å². The van der Waals surface area contributed by atoms with Crippen LogP contribution in [0.25, 0.3) is 11.1 Å².